The average Bonchev–Trinajstić information content (AvgIpc) is 3.12. The van der Waals surface area contributed by atoms with Crippen LogP contribution >= 0.6 is 0 Å². The van der Waals surface area contributed by atoms with E-state index in [1.165, 1.54) is 6.20 Å². The van der Waals surface area contributed by atoms with Crippen molar-refractivity contribution in [1.29, 1.82) is 10.5 Å². The van der Waals surface area contributed by atoms with E-state index in [4.69, 9.17) is 16.5 Å². The average molecular weight is 595 g/mol. The van der Waals surface area contributed by atoms with E-state index in [9.17, 15) is 10.5 Å². The maximum atomic E-state index is 9.30. The fourth-order valence-electron chi connectivity index (χ4n) is 5.81. The lowest BCUT2D eigenvalue weighted by Gasteiger charge is -2.16. The Balaban J connectivity index is 1.44. The van der Waals surface area contributed by atoms with Gasteiger partial charge in [0.2, 0.25) is 0 Å². The minimum atomic E-state index is 0.548. The fourth-order valence-corrected chi connectivity index (χ4v) is 5.81. The summed E-state index contributed by atoms with van der Waals surface area (Å²) < 4.78 is 0. The summed E-state index contributed by atoms with van der Waals surface area (Å²) in [4.78, 5) is 9.14. The Bertz CT molecular complexity index is 2290. The van der Waals surface area contributed by atoms with Gasteiger partial charge in [0.1, 0.15) is 0 Å². The van der Waals surface area contributed by atoms with Crippen molar-refractivity contribution in [1.82, 2.24) is 9.97 Å². The first-order chi connectivity index (χ1) is 22.6. The second-order valence-corrected chi connectivity index (χ2v) is 10.7. The zero-order chi connectivity index (χ0) is 31.9. The molecule has 0 unspecified atom stereocenters. The Morgan fingerprint density at radius 2 is 1.46 bits per heavy atom. The molecular weight excluding hydrogens is 564 g/mol. The maximum absolute atomic E-state index is 9.30. The van der Waals surface area contributed by atoms with Crippen molar-refractivity contribution < 1.29 is 0 Å². The molecule has 4 N–H and O–H groups in total. The standard InChI is InChI=1S/C40H30N6/c41-18-16-27(23-42)8-2-1-3-9-29(25-44)35-21-37-34-13-7-5-11-32(34)36(22-38(37)33-12-6-4-10-31(33)35)30-14-15-39(46-26-30)40-20-28(24-43)17-19-45-40/h3-22,25-26H,1-2,41,44H2/b9-3-,18-16-,27-8+,29-25+. The zero-order valence-corrected chi connectivity index (χ0v) is 25.1. The molecule has 0 saturated heterocycles. The maximum Gasteiger partial charge on any atom is 0.0992 e. The monoisotopic (exact) mass is 594 g/mol. The minimum absolute atomic E-state index is 0.548. The minimum Gasteiger partial charge on any atom is -0.405 e. The van der Waals surface area contributed by atoms with Crippen LogP contribution < -0.4 is 11.5 Å². The summed E-state index contributed by atoms with van der Waals surface area (Å²) in [5.41, 5.74) is 18.2. The van der Waals surface area contributed by atoms with Gasteiger partial charge in [-0.15, -0.1) is 0 Å². The number of pyridine rings is 2. The van der Waals surface area contributed by atoms with Crippen molar-refractivity contribution in [3.8, 4) is 34.7 Å². The predicted octanol–water partition coefficient (Wildman–Crippen LogP) is 8.70. The molecular formula is C40H30N6. The van der Waals surface area contributed by atoms with Gasteiger partial charge in [-0.2, -0.15) is 10.5 Å². The molecule has 2 aromatic heterocycles. The Hall–Kier alpha value is -6.50. The normalized spacial score (nSPS) is 12.3. The van der Waals surface area contributed by atoms with Crippen molar-refractivity contribution in [2.75, 3.05) is 0 Å². The van der Waals surface area contributed by atoms with Gasteiger partial charge in [0.25, 0.3) is 0 Å². The Morgan fingerprint density at radius 3 is 2.15 bits per heavy atom. The lowest BCUT2D eigenvalue weighted by molar-refractivity contribution is 1.05. The summed E-state index contributed by atoms with van der Waals surface area (Å²) >= 11 is 0. The second kappa shape index (κ2) is 13.4. The SMILES string of the molecule is N#CC(/C=C\N)=C/CC/C=C\C(=C/N)c1cc2c3ccccc3c(-c3ccc(-c4cc(C#N)ccn4)nc3)cc2c2ccccc12. The molecule has 0 aliphatic rings. The van der Waals surface area contributed by atoms with Gasteiger partial charge < -0.3 is 11.5 Å². The zero-order valence-electron chi connectivity index (χ0n) is 25.1. The van der Waals surface area contributed by atoms with Crippen LogP contribution in [0.1, 0.15) is 24.0 Å². The molecule has 46 heavy (non-hydrogen) atoms. The topological polar surface area (TPSA) is 125 Å². The molecule has 0 aliphatic heterocycles. The molecule has 0 fully saturated rings. The van der Waals surface area contributed by atoms with Gasteiger partial charge in [-0.3, -0.25) is 9.97 Å². The van der Waals surface area contributed by atoms with Crippen molar-refractivity contribution in [2.24, 2.45) is 11.5 Å². The van der Waals surface area contributed by atoms with Crippen molar-refractivity contribution in [2.45, 2.75) is 12.8 Å². The molecule has 4 aromatic carbocycles. The molecule has 6 heteroatoms. The molecule has 0 spiro atoms. The molecule has 0 radical (unpaired) electrons. The Kier molecular flexibility index (Phi) is 8.63. The van der Waals surface area contributed by atoms with Gasteiger partial charge in [0, 0.05) is 29.7 Å². The molecule has 0 aliphatic carbocycles. The van der Waals surface area contributed by atoms with E-state index in [1.807, 2.05) is 18.3 Å². The number of allylic oxidation sites excluding steroid dienone is 6. The number of hydrogen-bond donors (Lipinski definition) is 2. The number of benzene rings is 4. The highest BCUT2D eigenvalue weighted by Crippen LogP contribution is 2.40. The predicted molar refractivity (Wildman–Crippen MR) is 188 cm³/mol. The lowest BCUT2D eigenvalue weighted by atomic mass is 9.88. The number of hydrogen-bond acceptors (Lipinski definition) is 6. The van der Waals surface area contributed by atoms with Crippen LogP contribution in [0.25, 0.3) is 60.4 Å². The second-order valence-electron chi connectivity index (χ2n) is 10.7. The first-order valence-corrected chi connectivity index (χ1v) is 14.9. The highest BCUT2D eigenvalue weighted by atomic mass is 14.8. The summed E-state index contributed by atoms with van der Waals surface area (Å²) in [5.74, 6) is 0. The highest BCUT2D eigenvalue weighted by molar-refractivity contribution is 6.23. The molecule has 2 heterocycles. The Labute approximate surface area is 267 Å². The molecule has 0 bridgehead atoms. The van der Waals surface area contributed by atoms with E-state index >= 15 is 0 Å². The third-order valence-electron chi connectivity index (χ3n) is 8.00. The van der Waals surface area contributed by atoms with E-state index in [2.05, 4.69) is 96.0 Å². The Morgan fingerprint density at radius 1 is 0.717 bits per heavy atom. The summed E-state index contributed by atoms with van der Waals surface area (Å²) in [6.45, 7) is 0. The molecule has 6 aromatic rings. The summed E-state index contributed by atoms with van der Waals surface area (Å²) in [6.07, 6.45) is 15.6. The molecule has 6 rings (SSSR count). The van der Waals surface area contributed by atoms with Crippen LogP contribution in [0.5, 0.6) is 0 Å². The summed E-state index contributed by atoms with van der Waals surface area (Å²) in [6, 6.07) is 33.1. The smallest absolute Gasteiger partial charge is 0.0992 e. The summed E-state index contributed by atoms with van der Waals surface area (Å²) in [5, 5.41) is 25.3. The van der Waals surface area contributed by atoms with Crippen LogP contribution in [0.4, 0.5) is 0 Å². The number of nitrogens with zero attached hydrogens (tertiary/aromatic N) is 4. The van der Waals surface area contributed by atoms with Crippen LogP contribution in [0.3, 0.4) is 0 Å². The van der Waals surface area contributed by atoms with Crippen LogP contribution in [0, 0.1) is 22.7 Å². The van der Waals surface area contributed by atoms with Crippen LogP contribution in [0.2, 0.25) is 0 Å². The lowest BCUT2D eigenvalue weighted by Crippen LogP contribution is -1.93. The van der Waals surface area contributed by atoms with E-state index in [0.717, 1.165) is 61.0 Å². The molecule has 0 saturated carbocycles. The van der Waals surface area contributed by atoms with Crippen molar-refractivity contribution >= 4 is 37.9 Å². The first kappa shape index (κ1) is 29.6. The number of unbranched alkanes of at least 4 members (excludes halogenated alkanes) is 1. The van der Waals surface area contributed by atoms with Crippen molar-refractivity contribution in [3.05, 3.63) is 151 Å². The molecule has 220 valence electrons. The van der Waals surface area contributed by atoms with E-state index in [0.29, 0.717) is 28.9 Å². The van der Waals surface area contributed by atoms with Gasteiger partial charge in [-0.05, 0) is 104 Å². The van der Waals surface area contributed by atoms with Crippen molar-refractivity contribution in [3.63, 3.8) is 0 Å². The fraction of sp³-hybridized carbons (Fsp3) is 0.0500. The molecule has 6 nitrogen and oxygen atoms in total. The van der Waals surface area contributed by atoms with Gasteiger partial charge in [-0.25, -0.2) is 0 Å². The highest BCUT2D eigenvalue weighted by Gasteiger charge is 2.15. The third-order valence-corrected chi connectivity index (χ3v) is 8.00. The molecule has 0 atom stereocenters. The number of nitrogens with two attached hydrogens (primary N) is 2. The van der Waals surface area contributed by atoms with Crippen LogP contribution in [-0.2, 0) is 0 Å². The van der Waals surface area contributed by atoms with Crippen LogP contribution in [0.15, 0.2) is 140 Å². The third kappa shape index (κ3) is 5.84. The quantitative estimate of drug-likeness (QED) is 0.0786. The summed E-state index contributed by atoms with van der Waals surface area (Å²) in [7, 11) is 0. The van der Waals surface area contributed by atoms with Gasteiger partial charge in [-0.1, -0.05) is 72.8 Å². The van der Waals surface area contributed by atoms with E-state index in [-0.39, 0.29) is 0 Å². The molecule has 0 amide bonds. The number of rotatable bonds is 8. The largest absolute Gasteiger partial charge is 0.405 e. The van der Waals surface area contributed by atoms with Gasteiger partial charge in [0.05, 0.1) is 29.1 Å². The number of aromatic nitrogens is 2. The first-order valence-electron chi connectivity index (χ1n) is 14.9. The van der Waals surface area contributed by atoms with E-state index < -0.39 is 0 Å². The van der Waals surface area contributed by atoms with Gasteiger partial charge in [0.15, 0.2) is 0 Å². The van der Waals surface area contributed by atoms with Crippen LogP contribution in [-0.4, -0.2) is 9.97 Å². The van der Waals surface area contributed by atoms with Gasteiger partial charge >= 0.3 is 0 Å². The number of fused-ring (bicyclic) bond motifs is 5. The van der Waals surface area contributed by atoms with E-state index in [1.54, 1.807) is 30.6 Å². The number of nitriles is 2.